The number of nitrogens with two attached hydrogens (primary N) is 1. The summed E-state index contributed by atoms with van der Waals surface area (Å²) >= 11 is 0. The highest BCUT2D eigenvalue weighted by Gasteiger charge is 2.32. The second-order valence-electron chi connectivity index (χ2n) is 6.37. The monoisotopic (exact) mass is 393 g/mol. The number of amides is 1. The number of carbonyl (C=O) groups is 1. The molecule has 0 fully saturated rings. The molecular weight excluding hydrogens is 374 g/mol. The summed E-state index contributed by atoms with van der Waals surface area (Å²) in [5.41, 5.74) is 7.51. The van der Waals surface area contributed by atoms with E-state index in [-0.39, 0.29) is 24.8 Å². The first-order chi connectivity index (χ1) is 14.0. The average molecular weight is 393 g/mol. The number of rotatable bonds is 7. The molecule has 3 aromatic heterocycles. The number of nitrogens with one attached hydrogen (secondary N) is 1. The molecule has 10 heteroatoms. The van der Waals surface area contributed by atoms with E-state index in [9.17, 15) is 4.79 Å². The Morgan fingerprint density at radius 2 is 2.21 bits per heavy atom. The maximum absolute atomic E-state index is 12.6. The highest BCUT2D eigenvalue weighted by atomic mass is 16.5. The molecule has 0 unspecified atom stereocenters. The van der Waals surface area contributed by atoms with Gasteiger partial charge in [0.2, 0.25) is 11.8 Å². The van der Waals surface area contributed by atoms with E-state index in [0.29, 0.717) is 41.2 Å². The third-order valence-electron chi connectivity index (χ3n) is 4.42. The molecule has 10 nitrogen and oxygen atoms in total. The number of aromatic nitrogens is 5. The highest BCUT2D eigenvalue weighted by Crippen LogP contribution is 2.33. The van der Waals surface area contributed by atoms with Gasteiger partial charge in [-0.25, -0.2) is 19.9 Å². The fraction of sp³-hybridized carbons (Fsp3) is 0.211. The number of pyridine rings is 1. The number of H-pyrrole nitrogens is 1. The van der Waals surface area contributed by atoms with Crippen molar-refractivity contribution in [3.05, 3.63) is 54.2 Å². The van der Waals surface area contributed by atoms with Crippen molar-refractivity contribution >= 4 is 17.5 Å². The van der Waals surface area contributed by atoms with Gasteiger partial charge in [0.1, 0.15) is 24.0 Å². The number of methoxy groups -OCH3 is 1. The SMILES string of the molecule is C=C(COc1ccc(CN2C(=O)Cc3c(N)nc(-c4ncc[nH]4)nc32)cn1)OC. The van der Waals surface area contributed by atoms with Crippen LogP contribution in [-0.2, 0) is 22.5 Å². The molecule has 1 aliphatic rings. The lowest BCUT2D eigenvalue weighted by Crippen LogP contribution is -2.26. The van der Waals surface area contributed by atoms with Gasteiger partial charge in [0.25, 0.3) is 0 Å². The zero-order chi connectivity index (χ0) is 20.4. The summed E-state index contributed by atoms with van der Waals surface area (Å²) in [5, 5.41) is 0. The molecule has 0 bridgehead atoms. The predicted molar refractivity (Wildman–Crippen MR) is 105 cm³/mol. The summed E-state index contributed by atoms with van der Waals surface area (Å²) in [6, 6.07) is 3.56. The summed E-state index contributed by atoms with van der Waals surface area (Å²) < 4.78 is 10.4. The Morgan fingerprint density at radius 3 is 2.90 bits per heavy atom. The van der Waals surface area contributed by atoms with E-state index in [1.165, 1.54) is 7.11 Å². The van der Waals surface area contributed by atoms with Crippen LogP contribution in [0.3, 0.4) is 0 Å². The van der Waals surface area contributed by atoms with Crippen LogP contribution in [-0.4, -0.2) is 44.5 Å². The van der Waals surface area contributed by atoms with Crippen LogP contribution in [0.15, 0.2) is 43.1 Å². The minimum atomic E-state index is -0.102. The zero-order valence-corrected chi connectivity index (χ0v) is 15.8. The lowest BCUT2D eigenvalue weighted by molar-refractivity contribution is -0.117. The molecule has 0 saturated heterocycles. The van der Waals surface area contributed by atoms with Gasteiger partial charge in [0.15, 0.2) is 11.6 Å². The maximum Gasteiger partial charge on any atom is 0.233 e. The molecule has 29 heavy (non-hydrogen) atoms. The summed E-state index contributed by atoms with van der Waals surface area (Å²) in [5.74, 6) is 2.43. The molecule has 4 rings (SSSR count). The van der Waals surface area contributed by atoms with Gasteiger partial charge in [-0.3, -0.25) is 9.69 Å². The van der Waals surface area contributed by atoms with Crippen LogP contribution < -0.4 is 15.4 Å². The fourth-order valence-corrected chi connectivity index (χ4v) is 2.89. The van der Waals surface area contributed by atoms with Crippen molar-refractivity contribution in [1.82, 2.24) is 24.9 Å². The van der Waals surface area contributed by atoms with Gasteiger partial charge in [0, 0.05) is 30.2 Å². The van der Waals surface area contributed by atoms with Crippen LogP contribution in [0.4, 0.5) is 11.6 Å². The molecule has 4 heterocycles. The Bertz CT molecular complexity index is 1050. The summed E-state index contributed by atoms with van der Waals surface area (Å²) in [7, 11) is 1.53. The number of hydrogen-bond donors (Lipinski definition) is 2. The second-order valence-corrected chi connectivity index (χ2v) is 6.37. The normalized spacial score (nSPS) is 12.7. The quantitative estimate of drug-likeness (QED) is 0.577. The molecule has 0 saturated carbocycles. The molecule has 148 valence electrons. The molecule has 0 aromatic carbocycles. The Hall–Kier alpha value is -3.95. The minimum Gasteiger partial charge on any atom is -0.498 e. The first-order valence-corrected chi connectivity index (χ1v) is 8.81. The lowest BCUT2D eigenvalue weighted by Gasteiger charge is -2.17. The van der Waals surface area contributed by atoms with Crippen LogP contribution in [0.1, 0.15) is 11.1 Å². The number of hydrogen-bond acceptors (Lipinski definition) is 8. The Balaban J connectivity index is 1.55. The molecule has 1 amide bonds. The average Bonchev–Trinajstić information content (AvgIpc) is 3.37. The van der Waals surface area contributed by atoms with Crippen LogP contribution in [0.5, 0.6) is 5.88 Å². The van der Waals surface area contributed by atoms with E-state index in [2.05, 4.69) is 31.5 Å². The van der Waals surface area contributed by atoms with Crippen LogP contribution in [0.25, 0.3) is 11.6 Å². The first-order valence-electron chi connectivity index (χ1n) is 8.81. The van der Waals surface area contributed by atoms with Gasteiger partial charge in [-0.05, 0) is 5.56 Å². The molecule has 3 aromatic rings. The zero-order valence-electron chi connectivity index (χ0n) is 15.8. The van der Waals surface area contributed by atoms with Crippen molar-refractivity contribution in [2.24, 2.45) is 0 Å². The third-order valence-corrected chi connectivity index (χ3v) is 4.42. The molecule has 0 spiro atoms. The number of nitrogen functional groups attached to an aromatic ring is 1. The van der Waals surface area contributed by atoms with Gasteiger partial charge >= 0.3 is 0 Å². The fourth-order valence-electron chi connectivity index (χ4n) is 2.89. The van der Waals surface area contributed by atoms with Crippen molar-refractivity contribution in [3.8, 4) is 17.5 Å². The Morgan fingerprint density at radius 1 is 1.34 bits per heavy atom. The highest BCUT2D eigenvalue weighted by molar-refractivity contribution is 6.01. The minimum absolute atomic E-state index is 0.102. The van der Waals surface area contributed by atoms with Crippen LogP contribution in [0, 0.1) is 0 Å². The molecule has 1 aliphatic heterocycles. The van der Waals surface area contributed by atoms with E-state index in [1.54, 1.807) is 29.6 Å². The van der Waals surface area contributed by atoms with Gasteiger partial charge in [-0.2, -0.15) is 0 Å². The summed E-state index contributed by atoms with van der Waals surface area (Å²) in [6.07, 6.45) is 5.08. The molecule has 3 N–H and O–H groups in total. The largest absolute Gasteiger partial charge is 0.498 e. The van der Waals surface area contributed by atoms with Crippen LogP contribution >= 0.6 is 0 Å². The van der Waals surface area contributed by atoms with Crippen molar-refractivity contribution < 1.29 is 14.3 Å². The number of aromatic amines is 1. The van der Waals surface area contributed by atoms with Crippen molar-refractivity contribution in [2.75, 3.05) is 24.4 Å². The number of carbonyl (C=O) groups excluding carboxylic acids is 1. The van der Waals surface area contributed by atoms with Gasteiger partial charge < -0.3 is 20.2 Å². The molecule has 0 aliphatic carbocycles. The summed E-state index contributed by atoms with van der Waals surface area (Å²) in [6.45, 7) is 4.21. The predicted octanol–water partition coefficient (Wildman–Crippen LogP) is 1.47. The smallest absolute Gasteiger partial charge is 0.233 e. The number of nitrogens with zero attached hydrogens (tertiary/aromatic N) is 5. The van der Waals surface area contributed by atoms with Crippen molar-refractivity contribution in [3.63, 3.8) is 0 Å². The van der Waals surface area contributed by atoms with E-state index in [4.69, 9.17) is 15.2 Å². The molecule has 0 radical (unpaired) electrons. The van der Waals surface area contributed by atoms with Gasteiger partial charge in [0.05, 0.1) is 20.1 Å². The van der Waals surface area contributed by atoms with Crippen LogP contribution in [0.2, 0.25) is 0 Å². The topological polar surface area (TPSA) is 132 Å². The van der Waals surface area contributed by atoms with E-state index < -0.39 is 0 Å². The number of anilines is 2. The number of fused-ring (bicyclic) bond motifs is 1. The van der Waals surface area contributed by atoms with Gasteiger partial charge in [-0.1, -0.05) is 12.6 Å². The maximum atomic E-state index is 12.6. The number of ether oxygens (including phenoxy) is 2. The van der Waals surface area contributed by atoms with Crippen molar-refractivity contribution in [1.29, 1.82) is 0 Å². The number of imidazole rings is 1. The van der Waals surface area contributed by atoms with Crippen molar-refractivity contribution in [2.45, 2.75) is 13.0 Å². The molecule has 0 atom stereocenters. The van der Waals surface area contributed by atoms with E-state index >= 15 is 0 Å². The third kappa shape index (κ3) is 3.72. The van der Waals surface area contributed by atoms with Gasteiger partial charge in [-0.15, -0.1) is 0 Å². The Kier molecular flexibility index (Phi) is 4.82. The first kappa shape index (κ1) is 18.4. The molecular formula is C19H19N7O3. The van der Waals surface area contributed by atoms with E-state index in [0.717, 1.165) is 5.56 Å². The second kappa shape index (κ2) is 7.58. The summed E-state index contributed by atoms with van der Waals surface area (Å²) in [4.78, 5) is 34.3. The van der Waals surface area contributed by atoms with E-state index in [1.807, 2.05) is 6.07 Å². The standard InChI is InChI=1S/C19H19N7O3/c1-11(28-2)10-29-14-4-3-12(8-23-14)9-26-15(27)7-13-16(20)24-18(25-19(13)26)17-21-5-6-22-17/h3-6,8H,1,7,9-10H2,2H3,(H,21,22)(H2,20,24,25). The lowest BCUT2D eigenvalue weighted by atomic mass is 10.2. The Labute approximate surface area is 166 Å².